The zero-order chi connectivity index (χ0) is 12.3. The highest BCUT2D eigenvalue weighted by Crippen LogP contribution is 2.30. The third kappa shape index (κ3) is 2.60. The summed E-state index contributed by atoms with van der Waals surface area (Å²) in [6.45, 7) is 1.23. The zero-order valence-corrected chi connectivity index (χ0v) is 8.38. The van der Waals surface area contributed by atoms with Gasteiger partial charge in [-0.2, -0.15) is 18.4 Å². The lowest BCUT2D eigenvalue weighted by Crippen LogP contribution is -2.08. The number of carbonyl (C=O) groups is 1. The molecular formula is C11H8F3NO. The summed E-state index contributed by atoms with van der Waals surface area (Å²) in [5, 5.41) is 8.69. The first-order valence-corrected chi connectivity index (χ1v) is 4.43. The maximum absolute atomic E-state index is 12.2. The van der Waals surface area contributed by atoms with E-state index in [1.54, 1.807) is 6.07 Å². The Kier molecular flexibility index (Phi) is 3.33. The molecule has 0 bridgehead atoms. The summed E-state index contributed by atoms with van der Waals surface area (Å²) in [5.41, 5.74) is -0.514. The predicted molar refractivity (Wildman–Crippen MR) is 50.5 cm³/mol. The van der Waals surface area contributed by atoms with Gasteiger partial charge < -0.3 is 0 Å². The Hall–Kier alpha value is -1.83. The van der Waals surface area contributed by atoms with Gasteiger partial charge in [-0.3, -0.25) is 4.79 Å². The SMILES string of the molecule is CC(=O)[C@@H](C#N)c1ccc(C(F)(F)F)cc1. The first-order valence-electron chi connectivity index (χ1n) is 4.43. The van der Waals surface area contributed by atoms with Gasteiger partial charge in [-0.15, -0.1) is 0 Å². The van der Waals surface area contributed by atoms with Gasteiger partial charge in [0.15, 0.2) is 5.78 Å². The van der Waals surface area contributed by atoms with E-state index in [1.807, 2.05) is 0 Å². The number of nitriles is 1. The van der Waals surface area contributed by atoms with Crippen molar-refractivity contribution in [1.29, 1.82) is 5.26 Å². The van der Waals surface area contributed by atoms with E-state index in [0.29, 0.717) is 0 Å². The maximum Gasteiger partial charge on any atom is 0.416 e. The van der Waals surface area contributed by atoms with Crippen LogP contribution in [-0.2, 0) is 11.0 Å². The minimum absolute atomic E-state index is 0.281. The van der Waals surface area contributed by atoms with E-state index in [2.05, 4.69) is 0 Å². The van der Waals surface area contributed by atoms with E-state index in [-0.39, 0.29) is 11.3 Å². The second-order valence-electron chi connectivity index (χ2n) is 3.29. The van der Waals surface area contributed by atoms with Crippen LogP contribution in [0.2, 0.25) is 0 Å². The molecule has 1 rings (SSSR count). The van der Waals surface area contributed by atoms with Crippen molar-refractivity contribution in [2.24, 2.45) is 0 Å². The van der Waals surface area contributed by atoms with Crippen molar-refractivity contribution < 1.29 is 18.0 Å². The minimum Gasteiger partial charge on any atom is -0.298 e. The van der Waals surface area contributed by atoms with Crippen LogP contribution in [0.1, 0.15) is 24.0 Å². The van der Waals surface area contributed by atoms with Gasteiger partial charge in [0.2, 0.25) is 0 Å². The van der Waals surface area contributed by atoms with Crippen LogP contribution in [0.3, 0.4) is 0 Å². The zero-order valence-electron chi connectivity index (χ0n) is 8.38. The molecule has 0 amide bonds. The summed E-state index contributed by atoms with van der Waals surface area (Å²) in [7, 11) is 0. The topological polar surface area (TPSA) is 40.9 Å². The number of halogens is 3. The monoisotopic (exact) mass is 227 g/mol. The lowest BCUT2D eigenvalue weighted by atomic mass is 9.96. The molecule has 0 saturated heterocycles. The third-order valence-corrected chi connectivity index (χ3v) is 2.11. The molecule has 16 heavy (non-hydrogen) atoms. The van der Waals surface area contributed by atoms with Crippen LogP contribution < -0.4 is 0 Å². The lowest BCUT2D eigenvalue weighted by Gasteiger charge is -2.09. The molecule has 1 atom stereocenters. The average molecular weight is 227 g/mol. The van der Waals surface area contributed by atoms with Crippen molar-refractivity contribution in [3.8, 4) is 6.07 Å². The Morgan fingerprint density at radius 1 is 1.31 bits per heavy atom. The molecule has 0 aliphatic rings. The van der Waals surface area contributed by atoms with E-state index < -0.39 is 17.7 Å². The normalized spacial score (nSPS) is 12.9. The molecule has 0 saturated carbocycles. The Labute approximate surface area is 90.3 Å². The number of ketones is 1. The van der Waals surface area contributed by atoms with Gasteiger partial charge in [-0.05, 0) is 24.6 Å². The molecule has 0 aliphatic carbocycles. The van der Waals surface area contributed by atoms with Gasteiger partial charge in [0.05, 0.1) is 11.6 Å². The molecule has 0 aromatic heterocycles. The molecular weight excluding hydrogens is 219 g/mol. The van der Waals surface area contributed by atoms with Gasteiger partial charge in [0, 0.05) is 0 Å². The molecule has 1 aromatic rings. The molecule has 0 unspecified atom stereocenters. The van der Waals surface area contributed by atoms with Crippen molar-refractivity contribution in [2.45, 2.75) is 19.0 Å². The van der Waals surface area contributed by atoms with Gasteiger partial charge in [0.1, 0.15) is 5.92 Å². The molecule has 84 valence electrons. The van der Waals surface area contributed by atoms with Crippen LogP contribution in [0.15, 0.2) is 24.3 Å². The van der Waals surface area contributed by atoms with Crippen LogP contribution in [0, 0.1) is 11.3 Å². The largest absolute Gasteiger partial charge is 0.416 e. The van der Waals surface area contributed by atoms with Crippen LogP contribution in [0.25, 0.3) is 0 Å². The molecule has 5 heteroatoms. The second-order valence-corrected chi connectivity index (χ2v) is 3.29. The number of hydrogen-bond acceptors (Lipinski definition) is 2. The minimum atomic E-state index is -4.41. The van der Waals surface area contributed by atoms with Crippen molar-refractivity contribution in [3.05, 3.63) is 35.4 Å². The summed E-state index contributed by atoms with van der Waals surface area (Å²) in [6, 6.07) is 5.77. The van der Waals surface area contributed by atoms with Crippen LogP contribution in [0.4, 0.5) is 13.2 Å². The fourth-order valence-corrected chi connectivity index (χ4v) is 1.26. The first-order chi connectivity index (χ1) is 7.36. The number of carbonyl (C=O) groups excluding carboxylic acids is 1. The molecule has 2 nitrogen and oxygen atoms in total. The number of alkyl halides is 3. The summed E-state index contributed by atoms with van der Waals surface area (Å²) < 4.78 is 36.7. The standard InChI is InChI=1S/C11H8F3NO/c1-7(16)10(6-15)8-2-4-9(5-3-8)11(12,13)14/h2-5,10H,1H3/t10-/m1/s1. The Morgan fingerprint density at radius 3 is 2.12 bits per heavy atom. The second kappa shape index (κ2) is 4.35. The van der Waals surface area contributed by atoms with Crippen LogP contribution in [0.5, 0.6) is 0 Å². The lowest BCUT2D eigenvalue weighted by molar-refractivity contribution is -0.137. The average Bonchev–Trinajstić information content (AvgIpc) is 2.17. The van der Waals surface area contributed by atoms with E-state index >= 15 is 0 Å². The van der Waals surface area contributed by atoms with Crippen molar-refractivity contribution >= 4 is 5.78 Å². The summed E-state index contributed by atoms with van der Waals surface area (Å²) >= 11 is 0. The molecule has 0 aliphatic heterocycles. The third-order valence-electron chi connectivity index (χ3n) is 2.11. The Balaban J connectivity index is 3.04. The van der Waals surface area contributed by atoms with Gasteiger partial charge in [-0.25, -0.2) is 0 Å². The van der Waals surface area contributed by atoms with E-state index in [4.69, 9.17) is 5.26 Å². The van der Waals surface area contributed by atoms with E-state index in [1.165, 1.54) is 6.92 Å². The van der Waals surface area contributed by atoms with E-state index in [0.717, 1.165) is 24.3 Å². The van der Waals surface area contributed by atoms with Crippen LogP contribution in [-0.4, -0.2) is 5.78 Å². The Bertz CT molecular complexity index is 428. The van der Waals surface area contributed by atoms with Crippen molar-refractivity contribution in [2.75, 3.05) is 0 Å². The number of benzene rings is 1. The summed E-state index contributed by atoms with van der Waals surface area (Å²) in [4.78, 5) is 11.0. The first kappa shape index (κ1) is 12.2. The highest BCUT2D eigenvalue weighted by atomic mass is 19.4. The van der Waals surface area contributed by atoms with E-state index in [9.17, 15) is 18.0 Å². The van der Waals surface area contributed by atoms with Gasteiger partial charge in [0.25, 0.3) is 0 Å². The summed E-state index contributed by atoms with van der Waals surface area (Å²) in [5.74, 6) is -1.38. The summed E-state index contributed by atoms with van der Waals surface area (Å²) in [6.07, 6.45) is -4.41. The smallest absolute Gasteiger partial charge is 0.298 e. The fourth-order valence-electron chi connectivity index (χ4n) is 1.26. The number of hydrogen-bond donors (Lipinski definition) is 0. The van der Waals surface area contributed by atoms with Crippen molar-refractivity contribution in [3.63, 3.8) is 0 Å². The molecule has 0 heterocycles. The number of nitrogens with zero attached hydrogens (tertiary/aromatic N) is 1. The van der Waals surface area contributed by atoms with Crippen molar-refractivity contribution in [1.82, 2.24) is 0 Å². The predicted octanol–water partition coefficient (Wildman–Crippen LogP) is 2.90. The molecule has 0 spiro atoms. The molecule has 0 N–H and O–H groups in total. The highest BCUT2D eigenvalue weighted by Gasteiger charge is 2.30. The fraction of sp³-hybridized carbons (Fsp3) is 0.273. The maximum atomic E-state index is 12.2. The molecule has 1 aromatic carbocycles. The molecule has 0 fully saturated rings. The molecule has 0 radical (unpaired) electrons. The van der Waals surface area contributed by atoms with Gasteiger partial charge >= 0.3 is 6.18 Å². The van der Waals surface area contributed by atoms with Gasteiger partial charge in [-0.1, -0.05) is 12.1 Å². The van der Waals surface area contributed by atoms with Crippen LogP contribution >= 0.6 is 0 Å². The quantitative estimate of drug-likeness (QED) is 0.779. The Morgan fingerprint density at radius 2 is 1.81 bits per heavy atom. The number of Topliss-reactive ketones (excluding diaryl/α,β-unsaturated/α-hetero) is 1. The highest BCUT2D eigenvalue weighted by molar-refractivity contribution is 5.86. The number of rotatable bonds is 2.